The maximum Gasteiger partial charge on any atom is 0.278 e. The van der Waals surface area contributed by atoms with Gasteiger partial charge in [0.05, 0.1) is 24.1 Å². The molecule has 0 aliphatic heterocycles. The number of rotatable bonds is 7. The van der Waals surface area contributed by atoms with Gasteiger partial charge in [-0.05, 0) is 39.8 Å². The molecule has 0 atom stereocenters. The van der Waals surface area contributed by atoms with Gasteiger partial charge in [0.15, 0.2) is 11.5 Å². The Kier molecular flexibility index (Phi) is 5.39. The largest absolute Gasteiger partial charge is 0.384 e. The number of aliphatic hydroxyl groups is 1. The van der Waals surface area contributed by atoms with Crippen LogP contribution in [0.1, 0.15) is 39.4 Å². The highest BCUT2D eigenvalue weighted by atomic mass is 16.3. The van der Waals surface area contributed by atoms with Crippen LogP contribution in [0.2, 0.25) is 0 Å². The molecule has 4 heterocycles. The molecule has 0 saturated carbocycles. The topological polar surface area (TPSA) is 116 Å². The molecular weight excluding hydrogens is 408 g/mol. The van der Waals surface area contributed by atoms with Gasteiger partial charge in [-0.25, -0.2) is 19.3 Å². The van der Waals surface area contributed by atoms with Gasteiger partial charge in [0.25, 0.3) is 5.56 Å². The molecule has 0 aromatic carbocycles. The summed E-state index contributed by atoms with van der Waals surface area (Å²) in [7, 11) is 0. The molecule has 4 aromatic heterocycles. The van der Waals surface area contributed by atoms with Crippen LogP contribution in [0.5, 0.6) is 0 Å². The first-order valence-corrected chi connectivity index (χ1v) is 10.3. The second kappa shape index (κ2) is 8.04. The Hall–Kier alpha value is -3.79. The molecule has 0 spiro atoms. The first-order valence-electron chi connectivity index (χ1n) is 10.3. The van der Waals surface area contributed by atoms with Crippen molar-refractivity contribution in [2.45, 2.75) is 45.9 Å². The number of pyridine rings is 1. The van der Waals surface area contributed by atoms with Crippen LogP contribution in [-0.2, 0) is 12.1 Å². The molecule has 0 unspecified atom stereocenters. The molecule has 4 aromatic rings. The van der Waals surface area contributed by atoms with Gasteiger partial charge in [-0.1, -0.05) is 12.1 Å². The van der Waals surface area contributed by atoms with Crippen LogP contribution in [0.15, 0.2) is 54.2 Å². The van der Waals surface area contributed by atoms with Gasteiger partial charge in [-0.3, -0.25) is 9.48 Å². The van der Waals surface area contributed by atoms with Crippen molar-refractivity contribution in [2.24, 2.45) is 0 Å². The lowest BCUT2D eigenvalue weighted by Gasteiger charge is -2.18. The van der Waals surface area contributed by atoms with Gasteiger partial charge in [0, 0.05) is 18.4 Å². The summed E-state index contributed by atoms with van der Waals surface area (Å²) in [6.45, 7) is 11.4. The monoisotopic (exact) mass is 434 g/mol. The molecule has 0 radical (unpaired) electrons. The number of fused-ring (bicyclic) bond motifs is 1. The molecule has 166 valence electrons. The van der Waals surface area contributed by atoms with Gasteiger partial charge >= 0.3 is 0 Å². The Bertz CT molecular complexity index is 1340. The number of anilines is 2. The van der Waals surface area contributed by atoms with E-state index in [1.165, 1.54) is 10.9 Å². The maximum atomic E-state index is 13.0. The van der Waals surface area contributed by atoms with Gasteiger partial charge in [0.1, 0.15) is 11.0 Å². The van der Waals surface area contributed by atoms with Crippen LogP contribution < -0.4 is 10.9 Å². The molecule has 32 heavy (non-hydrogen) atoms. The number of allylic oxidation sites excluding steroid dienone is 1. The second-order valence-corrected chi connectivity index (χ2v) is 8.29. The summed E-state index contributed by atoms with van der Waals surface area (Å²) in [6, 6.07) is 5.50. The van der Waals surface area contributed by atoms with E-state index in [9.17, 15) is 9.90 Å². The fourth-order valence-corrected chi connectivity index (χ4v) is 3.30. The highest BCUT2D eigenvalue weighted by Gasteiger charge is 2.21. The van der Waals surface area contributed by atoms with Gasteiger partial charge in [-0.15, -0.1) is 6.58 Å². The van der Waals surface area contributed by atoms with Crippen LogP contribution in [-0.4, -0.2) is 39.2 Å². The van der Waals surface area contributed by atoms with E-state index < -0.39 is 5.60 Å². The minimum atomic E-state index is -1.14. The minimum absolute atomic E-state index is 0.223. The molecule has 10 heteroatoms. The van der Waals surface area contributed by atoms with Crippen molar-refractivity contribution < 1.29 is 5.11 Å². The maximum absolute atomic E-state index is 13.0. The molecular formula is C22H26N8O2. The van der Waals surface area contributed by atoms with Crippen LogP contribution in [0, 0.1) is 0 Å². The second-order valence-electron chi connectivity index (χ2n) is 8.29. The third-order valence-electron chi connectivity index (χ3n) is 4.94. The first kappa shape index (κ1) is 21.4. The first-order chi connectivity index (χ1) is 15.2. The zero-order valence-electron chi connectivity index (χ0n) is 18.5. The summed E-state index contributed by atoms with van der Waals surface area (Å²) in [6.07, 6.45) is 6.68. The van der Waals surface area contributed by atoms with E-state index in [0.29, 0.717) is 28.5 Å². The predicted molar refractivity (Wildman–Crippen MR) is 122 cm³/mol. The van der Waals surface area contributed by atoms with Crippen LogP contribution in [0.25, 0.3) is 16.9 Å². The third kappa shape index (κ3) is 3.92. The van der Waals surface area contributed by atoms with Crippen molar-refractivity contribution >= 4 is 22.7 Å². The lowest BCUT2D eigenvalue weighted by Crippen LogP contribution is -2.23. The number of nitrogens with one attached hydrogen (secondary N) is 1. The lowest BCUT2D eigenvalue weighted by atomic mass is 10.1. The summed E-state index contributed by atoms with van der Waals surface area (Å²) in [5.41, 5.74) is 0.212. The van der Waals surface area contributed by atoms with Crippen molar-refractivity contribution in [2.75, 3.05) is 5.32 Å². The molecule has 0 fully saturated rings. The highest BCUT2D eigenvalue weighted by Crippen LogP contribution is 2.22. The number of hydrogen-bond acceptors (Lipinski definition) is 7. The Balaban J connectivity index is 1.86. The zero-order chi connectivity index (χ0) is 23.0. The average Bonchev–Trinajstić information content (AvgIpc) is 3.31. The van der Waals surface area contributed by atoms with Crippen LogP contribution in [0.3, 0.4) is 0 Å². The standard InChI is InChI=1S/C22H26N8O2/c1-6-10-29-20(31)16-12-23-21(25-15-11-24-28(13-15)14(2)3)27-19(16)30(29)18-9-7-8-17(26-18)22(4,5)32/h6-9,11-14,32H,1,10H2,2-5H3,(H,23,25,27). The molecule has 0 amide bonds. The van der Waals surface area contributed by atoms with E-state index in [2.05, 4.69) is 31.9 Å². The van der Waals surface area contributed by atoms with Gasteiger partial charge in [0.2, 0.25) is 5.95 Å². The average molecular weight is 435 g/mol. The number of nitrogens with zero attached hydrogens (tertiary/aromatic N) is 7. The van der Waals surface area contributed by atoms with Crippen molar-refractivity contribution in [1.29, 1.82) is 0 Å². The molecule has 2 N–H and O–H groups in total. The smallest absolute Gasteiger partial charge is 0.278 e. The Morgan fingerprint density at radius 1 is 1.25 bits per heavy atom. The molecule has 4 rings (SSSR count). The summed E-state index contributed by atoms with van der Waals surface area (Å²) in [4.78, 5) is 26.5. The van der Waals surface area contributed by atoms with E-state index >= 15 is 0 Å². The lowest BCUT2D eigenvalue weighted by molar-refractivity contribution is 0.0738. The van der Waals surface area contributed by atoms with Crippen molar-refractivity contribution in [1.82, 2.24) is 34.1 Å². The van der Waals surface area contributed by atoms with Crippen LogP contribution in [0.4, 0.5) is 11.6 Å². The Morgan fingerprint density at radius 3 is 2.69 bits per heavy atom. The zero-order valence-corrected chi connectivity index (χ0v) is 18.5. The Morgan fingerprint density at radius 2 is 2.03 bits per heavy atom. The molecule has 0 bridgehead atoms. The molecule has 0 aliphatic rings. The predicted octanol–water partition coefficient (Wildman–Crippen LogP) is 2.91. The van der Waals surface area contributed by atoms with Gasteiger partial charge < -0.3 is 10.4 Å². The van der Waals surface area contributed by atoms with E-state index in [1.807, 2.05) is 24.7 Å². The fourth-order valence-electron chi connectivity index (χ4n) is 3.30. The molecule has 0 aliphatic carbocycles. The minimum Gasteiger partial charge on any atom is -0.384 e. The molecule has 10 nitrogen and oxygen atoms in total. The third-order valence-corrected chi connectivity index (χ3v) is 4.94. The van der Waals surface area contributed by atoms with E-state index in [4.69, 9.17) is 0 Å². The highest BCUT2D eigenvalue weighted by molar-refractivity contribution is 5.77. The van der Waals surface area contributed by atoms with Crippen LogP contribution >= 0.6 is 0 Å². The van der Waals surface area contributed by atoms with Crippen molar-refractivity contribution in [3.63, 3.8) is 0 Å². The van der Waals surface area contributed by atoms with Crippen molar-refractivity contribution in [3.8, 4) is 5.82 Å². The normalized spacial score (nSPS) is 11.9. The van der Waals surface area contributed by atoms with E-state index in [1.54, 1.807) is 49.0 Å². The number of aromatic nitrogens is 7. The number of hydrogen-bond donors (Lipinski definition) is 2. The molecule has 0 saturated heterocycles. The van der Waals surface area contributed by atoms with Gasteiger partial charge in [-0.2, -0.15) is 10.1 Å². The summed E-state index contributed by atoms with van der Waals surface area (Å²) in [5.74, 6) is 0.778. The van der Waals surface area contributed by atoms with Crippen molar-refractivity contribution in [3.05, 3.63) is 65.5 Å². The van der Waals surface area contributed by atoms with E-state index in [0.717, 1.165) is 5.69 Å². The summed E-state index contributed by atoms with van der Waals surface area (Å²) >= 11 is 0. The SMILES string of the molecule is C=CCn1c(=O)c2cnc(Nc3cnn(C(C)C)c3)nc2n1-c1cccc(C(C)(C)O)n1. The fraction of sp³-hybridized carbons (Fsp3) is 0.318. The van der Waals surface area contributed by atoms with E-state index in [-0.39, 0.29) is 18.1 Å². The Labute approximate surface area is 184 Å². The summed E-state index contributed by atoms with van der Waals surface area (Å²) in [5, 5.41) is 18.2. The summed E-state index contributed by atoms with van der Waals surface area (Å²) < 4.78 is 4.94. The quantitative estimate of drug-likeness (QED) is 0.430.